The molecule has 0 atom stereocenters. The van der Waals surface area contributed by atoms with Crippen molar-refractivity contribution in [2.75, 3.05) is 35.0 Å². The molecule has 0 unspecified atom stereocenters. The number of hydrogen-bond acceptors (Lipinski definition) is 6. The van der Waals surface area contributed by atoms with Crippen molar-refractivity contribution in [3.63, 3.8) is 0 Å². The summed E-state index contributed by atoms with van der Waals surface area (Å²) >= 11 is 0. The predicted octanol–water partition coefficient (Wildman–Crippen LogP) is 2.84. The molecule has 0 heterocycles. The third-order valence-electron chi connectivity index (χ3n) is 4.39. The quantitative estimate of drug-likeness (QED) is 0.649. The molecule has 7 heteroatoms. The molecule has 0 N–H and O–H groups in total. The van der Waals surface area contributed by atoms with Crippen LogP contribution in [-0.4, -0.2) is 51.8 Å². The van der Waals surface area contributed by atoms with Gasteiger partial charge in [0.25, 0.3) is 5.91 Å². The summed E-state index contributed by atoms with van der Waals surface area (Å²) in [5, 5.41) is 0. The first-order chi connectivity index (χ1) is 13.4. The summed E-state index contributed by atoms with van der Waals surface area (Å²) in [7, 11) is 5.73. The number of carbonyl (C=O) groups excluding carboxylic acids is 2. The number of carbonyl (C=O) groups is 2. The topological polar surface area (TPSA) is 74.3 Å². The number of nitrogens with zero attached hydrogens (tertiary/aromatic N) is 1. The van der Waals surface area contributed by atoms with Gasteiger partial charge in [0.1, 0.15) is 12.3 Å². The third kappa shape index (κ3) is 4.73. The van der Waals surface area contributed by atoms with Crippen LogP contribution < -0.4 is 14.2 Å². The maximum Gasteiger partial charge on any atom is 0.325 e. The van der Waals surface area contributed by atoms with Crippen molar-refractivity contribution in [3.8, 4) is 17.2 Å². The van der Waals surface area contributed by atoms with Gasteiger partial charge in [-0.1, -0.05) is 24.3 Å². The van der Waals surface area contributed by atoms with Gasteiger partial charge >= 0.3 is 5.97 Å². The average molecular weight is 387 g/mol. The van der Waals surface area contributed by atoms with Crippen LogP contribution >= 0.6 is 0 Å². The second-order valence-electron chi connectivity index (χ2n) is 6.07. The van der Waals surface area contributed by atoms with E-state index in [1.807, 2.05) is 31.2 Å². The Kier molecular flexibility index (Phi) is 7.26. The van der Waals surface area contributed by atoms with Crippen molar-refractivity contribution in [1.82, 2.24) is 4.90 Å². The first-order valence-corrected chi connectivity index (χ1v) is 8.65. The van der Waals surface area contributed by atoms with E-state index in [0.717, 1.165) is 11.1 Å². The lowest BCUT2D eigenvalue weighted by molar-refractivity contribution is -0.141. The molecule has 0 bridgehead atoms. The van der Waals surface area contributed by atoms with Gasteiger partial charge in [-0.3, -0.25) is 9.59 Å². The van der Waals surface area contributed by atoms with Crippen LogP contribution in [0.3, 0.4) is 0 Å². The molecular weight excluding hydrogens is 362 g/mol. The van der Waals surface area contributed by atoms with Crippen LogP contribution in [0.4, 0.5) is 0 Å². The Morgan fingerprint density at radius 1 is 0.893 bits per heavy atom. The van der Waals surface area contributed by atoms with E-state index in [-0.39, 0.29) is 24.6 Å². The van der Waals surface area contributed by atoms with E-state index in [1.54, 1.807) is 12.1 Å². The number of hydrogen-bond donors (Lipinski definition) is 0. The first kappa shape index (κ1) is 21.1. The smallest absolute Gasteiger partial charge is 0.325 e. The van der Waals surface area contributed by atoms with Crippen LogP contribution in [0.1, 0.15) is 21.5 Å². The zero-order chi connectivity index (χ0) is 20.7. The normalized spacial score (nSPS) is 10.2. The summed E-state index contributed by atoms with van der Waals surface area (Å²) in [4.78, 5) is 26.6. The van der Waals surface area contributed by atoms with Crippen molar-refractivity contribution in [3.05, 3.63) is 53.1 Å². The highest BCUT2D eigenvalue weighted by molar-refractivity contribution is 5.99. The average Bonchev–Trinajstić information content (AvgIpc) is 2.72. The van der Waals surface area contributed by atoms with E-state index < -0.39 is 5.97 Å². The minimum Gasteiger partial charge on any atom is -0.496 e. The molecule has 2 rings (SSSR count). The number of esters is 1. The number of benzene rings is 2. The molecule has 2 aromatic rings. The van der Waals surface area contributed by atoms with Crippen molar-refractivity contribution < 1.29 is 28.5 Å². The second-order valence-corrected chi connectivity index (χ2v) is 6.07. The van der Waals surface area contributed by atoms with Crippen molar-refractivity contribution in [1.29, 1.82) is 0 Å². The number of methoxy groups -OCH3 is 4. The lowest BCUT2D eigenvalue weighted by Gasteiger charge is -2.24. The van der Waals surface area contributed by atoms with E-state index in [0.29, 0.717) is 17.2 Å². The van der Waals surface area contributed by atoms with Crippen molar-refractivity contribution in [2.45, 2.75) is 13.5 Å². The Morgan fingerprint density at radius 2 is 1.50 bits per heavy atom. The second kappa shape index (κ2) is 9.64. The van der Waals surface area contributed by atoms with Crippen molar-refractivity contribution >= 4 is 11.9 Å². The van der Waals surface area contributed by atoms with Gasteiger partial charge < -0.3 is 23.8 Å². The third-order valence-corrected chi connectivity index (χ3v) is 4.39. The Hall–Kier alpha value is -3.22. The van der Waals surface area contributed by atoms with Crippen LogP contribution in [0.5, 0.6) is 17.2 Å². The molecular formula is C21H25NO6. The van der Waals surface area contributed by atoms with Crippen LogP contribution in [0, 0.1) is 6.92 Å². The highest BCUT2D eigenvalue weighted by Crippen LogP contribution is 2.35. The van der Waals surface area contributed by atoms with Gasteiger partial charge in [0.15, 0.2) is 11.5 Å². The first-order valence-electron chi connectivity index (χ1n) is 8.65. The van der Waals surface area contributed by atoms with Gasteiger partial charge in [0, 0.05) is 18.7 Å². The van der Waals surface area contributed by atoms with E-state index in [4.69, 9.17) is 18.9 Å². The molecule has 0 fully saturated rings. The van der Waals surface area contributed by atoms with Crippen LogP contribution in [-0.2, 0) is 16.1 Å². The molecule has 0 aromatic heterocycles. The molecule has 0 aliphatic carbocycles. The van der Waals surface area contributed by atoms with Gasteiger partial charge in [-0.25, -0.2) is 0 Å². The fourth-order valence-corrected chi connectivity index (χ4v) is 2.78. The summed E-state index contributed by atoms with van der Waals surface area (Å²) in [5.41, 5.74) is 2.21. The minimum absolute atomic E-state index is 0.193. The fraction of sp³-hybridized carbons (Fsp3) is 0.333. The number of amides is 1. The summed E-state index contributed by atoms with van der Waals surface area (Å²) < 4.78 is 20.7. The minimum atomic E-state index is -0.513. The van der Waals surface area contributed by atoms with E-state index in [9.17, 15) is 9.59 Å². The van der Waals surface area contributed by atoms with Gasteiger partial charge in [0.05, 0.1) is 34.0 Å². The molecule has 1 amide bonds. The largest absolute Gasteiger partial charge is 0.496 e. The molecule has 2 aromatic carbocycles. The van der Waals surface area contributed by atoms with Crippen LogP contribution in [0.15, 0.2) is 36.4 Å². The Balaban J connectivity index is 2.46. The van der Waals surface area contributed by atoms with Gasteiger partial charge in [-0.15, -0.1) is 0 Å². The van der Waals surface area contributed by atoms with Gasteiger partial charge in [-0.05, 0) is 18.1 Å². The molecule has 0 spiro atoms. The summed E-state index contributed by atoms with van der Waals surface area (Å²) in [6, 6.07) is 10.8. The SMILES string of the molecule is COC(=O)CN(Cc1ccccc1C)C(=O)c1cc(OC)c(OC)cc1OC. The van der Waals surface area contributed by atoms with Gasteiger partial charge in [-0.2, -0.15) is 0 Å². The zero-order valence-electron chi connectivity index (χ0n) is 16.8. The highest BCUT2D eigenvalue weighted by Gasteiger charge is 2.25. The van der Waals surface area contributed by atoms with E-state index in [2.05, 4.69) is 0 Å². The summed E-state index contributed by atoms with van der Waals surface area (Å²) in [5.74, 6) is 0.255. The molecule has 0 saturated carbocycles. The van der Waals surface area contributed by atoms with Crippen LogP contribution in [0.25, 0.3) is 0 Å². The number of ether oxygens (including phenoxy) is 4. The Bertz CT molecular complexity index is 849. The molecule has 0 aliphatic heterocycles. The Labute approximate surface area is 164 Å². The molecule has 0 aliphatic rings. The lowest BCUT2D eigenvalue weighted by Crippen LogP contribution is -2.36. The molecule has 150 valence electrons. The Morgan fingerprint density at radius 3 is 2.07 bits per heavy atom. The molecule has 0 radical (unpaired) electrons. The molecule has 7 nitrogen and oxygen atoms in total. The number of aryl methyl sites for hydroxylation is 1. The summed E-state index contributed by atoms with van der Waals surface area (Å²) in [6.45, 7) is 2.01. The maximum atomic E-state index is 13.3. The number of rotatable bonds is 8. The van der Waals surface area contributed by atoms with E-state index >= 15 is 0 Å². The highest BCUT2D eigenvalue weighted by atomic mass is 16.5. The molecule has 0 saturated heterocycles. The summed E-state index contributed by atoms with van der Waals surface area (Å²) in [6.07, 6.45) is 0. The van der Waals surface area contributed by atoms with Crippen LogP contribution in [0.2, 0.25) is 0 Å². The maximum absolute atomic E-state index is 13.3. The molecule has 28 heavy (non-hydrogen) atoms. The van der Waals surface area contributed by atoms with Gasteiger partial charge in [0.2, 0.25) is 0 Å². The predicted molar refractivity (Wildman–Crippen MR) is 104 cm³/mol. The zero-order valence-corrected chi connectivity index (χ0v) is 16.8. The lowest BCUT2D eigenvalue weighted by atomic mass is 10.1. The van der Waals surface area contributed by atoms with Crippen molar-refractivity contribution in [2.24, 2.45) is 0 Å². The fourth-order valence-electron chi connectivity index (χ4n) is 2.78. The standard InChI is InChI=1S/C21H25NO6/c1-14-8-6-7-9-15(14)12-22(13-20(23)28-5)21(24)16-10-18(26-3)19(27-4)11-17(16)25-2/h6-11H,12-13H2,1-5H3. The monoisotopic (exact) mass is 387 g/mol. The van der Waals surface area contributed by atoms with E-state index in [1.165, 1.54) is 33.3 Å².